The number of benzene rings is 1. The van der Waals surface area contributed by atoms with Gasteiger partial charge < -0.3 is 10.3 Å². The molecule has 1 heterocycles. The van der Waals surface area contributed by atoms with Crippen molar-refractivity contribution >= 4 is 15.9 Å². The highest BCUT2D eigenvalue weighted by Gasteiger charge is 2.37. The third kappa shape index (κ3) is 2.87. The summed E-state index contributed by atoms with van der Waals surface area (Å²) in [5, 5.41) is 3.97. The van der Waals surface area contributed by atoms with Crippen molar-refractivity contribution in [2.45, 2.75) is 38.1 Å². The van der Waals surface area contributed by atoms with Crippen LogP contribution < -0.4 is 5.73 Å². The number of rotatable bonds is 2. The van der Waals surface area contributed by atoms with Crippen LogP contribution in [-0.2, 0) is 5.54 Å². The first-order valence-corrected chi connectivity index (χ1v) is 7.86. The molecule has 4 nitrogen and oxygen atoms in total. The topological polar surface area (TPSA) is 64.9 Å². The number of hydrogen-bond acceptors (Lipinski definition) is 4. The van der Waals surface area contributed by atoms with Crippen LogP contribution in [0.15, 0.2) is 27.2 Å². The van der Waals surface area contributed by atoms with E-state index >= 15 is 0 Å². The first-order chi connectivity index (χ1) is 9.98. The van der Waals surface area contributed by atoms with E-state index in [2.05, 4.69) is 33.0 Å². The van der Waals surface area contributed by atoms with Gasteiger partial charge in [-0.25, -0.2) is 4.39 Å². The van der Waals surface area contributed by atoms with Crippen molar-refractivity contribution in [3.63, 3.8) is 0 Å². The molecule has 1 aromatic heterocycles. The molecule has 0 atom stereocenters. The SMILES string of the molecule is CC1CCC(N)(c2nc(-c3cc(F)ccc3Br)no2)CC1. The number of hydrogen-bond donors (Lipinski definition) is 1. The zero-order valence-corrected chi connectivity index (χ0v) is 13.4. The zero-order chi connectivity index (χ0) is 15.0. The number of aromatic nitrogens is 2. The van der Waals surface area contributed by atoms with Crippen LogP contribution in [0.25, 0.3) is 11.4 Å². The summed E-state index contributed by atoms with van der Waals surface area (Å²) in [4.78, 5) is 4.40. The van der Waals surface area contributed by atoms with Crippen LogP contribution in [0.5, 0.6) is 0 Å². The normalized spacial score (nSPS) is 26.0. The van der Waals surface area contributed by atoms with Crippen molar-refractivity contribution in [1.29, 1.82) is 0 Å². The van der Waals surface area contributed by atoms with Gasteiger partial charge in [0.05, 0.1) is 5.54 Å². The van der Waals surface area contributed by atoms with Gasteiger partial charge in [0.2, 0.25) is 11.7 Å². The first kappa shape index (κ1) is 14.7. The second-order valence-electron chi connectivity index (χ2n) is 5.89. The molecular weight excluding hydrogens is 337 g/mol. The van der Waals surface area contributed by atoms with Gasteiger partial charge in [-0.05, 0) is 49.8 Å². The van der Waals surface area contributed by atoms with Crippen molar-refractivity contribution in [2.24, 2.45) is 11.7 Å². The molecule has 1 fully saturated rings. The fraction of sp³-hybridized carbons (Fsp3) is 0.467. The summed E-state index contributed by atoms with van der Waals surface area (Å²) in [6.07, 6.45) is 3.77. The summed E-state index contributed by atoms with van der Waals surface area (Å²) in [6.45, 7) is 2.22. The summed E-state index contributed by atoms with van der Waals surface area (Å²) in [7, 11) is 0. The highest BCUT2D eigenvalue weighted by molar-refractivity contribution is 9.10. The second-order valence-corrected chi connectivity index (χ2v) is 6.74. The largest absolute Gasteiger partial charge is 0.337 e. The van der Waals surface area contributed by atoms with Gasteiger partial charge >= 0.3 is 0 Å². The van der Waals surface area contributed by atoms with Gasteiger partial charge in [-0.1, -0.05) is 28.0 Å². The predicted molar refractivity (Wildman–Crippen MR) is 80.9 cm³/mol. The third-order valence-electron chi connectivity index (χ3n) is 4.19. The second kappa shape index (κ2) is 5.50. The van der Waals surface area contributed by atoms with E-state index in [0.29, 0.717) is 23.2 Å². The molecule has 21 heavy (non-hydrogen) atoms. The maximum Gasteiger partial charge on any atom is 0.247 e. The van der Waals surface area contributed by atoms with Gasteiger partial charge in [-0.15, -0.1) is 0 Å². The summed E-state index contributed by atoms with van der Waals surface area (Å²) in [5.74, 6) is 1.15. The lowest BCUT2D eigenvalue weighted by Gasteiger charge is -2.32. The van der Waals surface area contributed by atoms with Crippen LogP contribution in [0, 0.1) is 11.7 Å². The lowest BCUT2D eigenvalue weighted by Crippen LogP contribution is -2.40. The molecule has 1 aromatic carbocycles. The summed E-state index contributed by atoms with van der Waals surface area (Å²) < 4.78 is 19.5. The quantitative estimate of drug-likeness (QED) is 0.885. The van der Waals surface area contributed by atoms with E-state index in [4.69, 9.17) is 10.3 Å². The molecule has 1 saturated carbocycles. The molecule has 0 amide bonds. The monoisotopic (exact) mass is 353 g/mol. The molecule has 1 aliphatic rings. The number of nitrogens with two attached hydrogens (primary N) is 1. The molecular formula is C15H17BrFN3O. The standard InChI is InChI=1S/C15H17BrFN3O/c1-9-4-6-15(18,7-5-9)14-19-13(20-21-14)11-8-10(17)2-3-12(11)16/h2-3,8-9H,4-7,18H2,1H3. The molecule has 112 valence electrons. The van der Waals surface area contributed by atoms with E-state index < -0.39 is 5.54 Å². The Morgan fingerprint density at radius 3 is 2.81 bits per heavy atom. The smallest absolute Gasteiger partial charge is 0.247 e. The molecule has 0 unspecified atom stereocenters. The Balaban J connectivity index is 1.91. The average Bonchev–Trinajstić information content (AvgIpc) is 2.95. The van der Waals surface area contributed by atoms with E-state index in [-0.39, 0.29) is 5.82 Å². The van der Waals surface area contributed by atoms with Crippen LogP contribution in [-0.4, -0.2) is 10.1 Å². The van der Waals surface area contributed by atoms with Crippen molar-refractivity contribution in [2.75, 3.05) is 0 Å². The van der Waals surface area contributed by atoms with Crippen LogP contribution in [0.1, 0.15) is 38.5 Å². The molecule has 1 aliphatic carbocycles. The summed E-state index contributed by atoms with van der Waals surface area (Å²) >= 11 is 3.37. The van der Waals surface area contributed by atoms with Crippen molar-refractivity contribution in [3.8, 4) is 11.4 Å². The summed E-state index contributed by atoms with van der Waals surface area (Å²) in [5.41, 5.74) is 6.43. The lowest BCUT2D eigenvalue weighted by atomic mass is 9.78. The minimum atomic E-state index is -0.558. The van der Waals surface area contributed by atoms with Gasteiger partial charge in [-0.2, -0.15) is 4.98 Å². The minimum absolute atomic E-state index is 0.339. The highest BCUT2D eigenvalue weighted by atomic mass is 79.9. The Bertz CT molecular complexity index is 650. The Hall–Kier alpha value is -1.27. The molecule has 0 spiro atoms. The average molecular weight is 354 g/mol. The summed E-state index contributed by atoms with van der Waals surface area (Å²) in [6, 6.07) is 4.38. The van der Waals surface area contributed by atoms with Crippen LogP contribution in [0.4, 0.5) is 4.39 Å². The van der Waals surface area contributed by atoms with Crippen molar-refractivity contribution in [1.82, 2.24) is 10.1 Å². The number of nitrogens with zero attached hydrogens (tertiary/aromatic N) is 2. The number of halogens is 2. The van der Waals surface area contributed by atoms with Crippen LogP contribution >= 0.6 is 15.9 Å². The maximum absolute atomic E-state index is 13.4. The lowest BCUT2D eigenvalue weighted by molar-refractivity contribution is 0.190. The molecule has 0 saturated heterocycles. The van der Waals surface area contributed by atoms with E-state index in [1.807, 2.05) is 0 Å². The minimum Gasteiger partial charge on any atom is -0.337 e. The van der Waals surface area contributed by atoms with Gasteiger partial charge in [0.1, 0.15) is 5.82 Å². The first-order valence-electron chi connectivity index (χ1n) is 7.06. The van der Waals surface area contributed by atoms with Crippen molar-refractivity contribution in [3.05, 3.63) is 34.4 Å². The van der Waals surface area contributed by atoms with Gasteiger partial charge in [-0.3, -0.25) is 0 Å². The van der Waals surface area contributed by atoms with E-state index in [1.165, 1.54) is 12.1 Å². The van der Waals surface area contributed by atoms with Crippen LogP contribution in [0.3, 0.4) is 0 Å². The molecule has 6 heteroatoms. The molecule has 0 radical (unpaired) electrons. The Morgan fingerprint density at radius 2 is 2.10 bits per heavy atom. The predicted octanol–water partition coefficient (Wildman–Crippen LogP) is 4.00. The van der Waals surface area contributed by atoms with E-state index in [9.17, 15) is 4.39 Å². The highest BCUT2D eigenvalue weighted by Crippen LogP contribution is 2.37. The Morgan fingerprint density at radius 1 is 1.38 bits per heavy atom. The third-order valence-corrected chi connectivity index (χ3v) is 4.88. The fourth-order valence-corrected chi connectivity index (χ4v) is 3.12. The maximum atomic E-state index is 13.4. The van der Waals surface area contributed by atoms with Crippen molar-refractivity contribution < 1.29 is 8.91 Å². The molecule has 0 aliphatic heterocycles. The van der Waals surface area contributed by atoms with Gasteiger partial charge in [0.25, 0.3) is 0 Å². The van der Waals surface area contributed by atoms with Crippen LogP contribution in [0.2, 0.25) is 0 Å². The molecule has 2 N–H and O–H groups in total. The van der Waals surface area contributed by atoms with Gasteiger partial charge in [0.15, 0.2) is 0 Å². The molecule has 0 bridgehead atoms. The van der Waals surface area contributed by atoms with E-state index in [1.54, 1.807) is 6.07 Å². The molecule has 2 aromatic rings. The Labute approximate surface area is 131 Å². The zero-order valence-electron chi connectivity index (χ0n) is 11.8. The fourth-order valence-electron chi connectivity index (χ4n) is 2.70. The van der Waals surface area contributed by atoms with E-state index in [0.717, 1.165) is 30.2 Å². The van der Waals surface area contributed by atoms with Gasteiger partial charge in [0, 0.05) is 10.0 Å². The molecule has 3 rings (SSSR count). The Kier molecular flexibility index (Phi) is 3.84.